The molecular weight excluding hydrogens is 284 g/mol. The number of rotatable bonds is 4. The second-order valence-corrected chi connectivity index (χ2v) is 6.03. The first kappa shape index (κ1) is 14.2. The van der Waals surface area contributed by atoms with Crippen LogP contribution in [-0.4, -0.2) is 28.0 Å². The quantitative estimate of drug-likeness (QED) is 0.911. The zero-order valence-electron chi connectivity index (χ0n) is 11.9. The molecule has 1 aliphatic heterocycles. The summed E-state index contributed by atoms with van der Waals surface area (Å²) in [6.45, 7) is 2.94. The molecule has 3 heterocycles. The molecule has 0 saturated carbocycles. The van der Waals surface area contributed by atoms with Crippen LogP contribution in [0.25, 0.3) is 11.4 Å². The van der Waals surface area contributed by atoms with Gasteiger partial charge in [-0.05, 0) is 37.9 Å². The monoisotopic (exact) mass is 302 g/mol. The Morgan fingerprint density at radius 3 is 3.05 bits per heavy atom. The number of carbonyl (C=O) groups is 1. The van der Waals surface area contributed by atoms with Crippen molar-refractivity contribution in [3.8, 4) is 11.4 Å². The highest BCUT2D eigenvalue weighted by Crippen LogP contribution is 2.27. The van der Waals surface area contributed by atoms with E-state index in [0.29, 0.717) is 5.13 Å². The molecule has 21 heavy (non-hydrogen) atoms. The van der Waals surface area contributed by atoms with Crippen molar-refractivity contribution in [2.24, 2.45) is 0 Å². The third-order valence-corrected chi connectivity index (χ3v) is 4.69. The molecule has 0 spiro atoms. The average Bonchev–Trinajstić information content (AvgIpc) is 3.18. The topological polar surface area (TPSA) is 66.9 Å². The van der Waals surface area contributed by atoms with Gasteiger partial charge in [-0.1, -0.05) is 13.0 Å². The number of hydrogen-bond donors (Lipinski definition) is 2. The number of aromatic nitrogens is 2. The Labute approximate surface area is 127 Å². The van der Waals surface area contributed by atoms with Gasteiger partial charge in [0.2, 0.25) is 5.91 Å². The predicted octanol–water partition coefficient (Wildman–Crippen LogP) is 2.68. The molecule has 1 aliphatic rings. The van der Waals surface area contributed by atoms with Crippen LogP contribution in [-0.2, 0) is 4.79 Å². The van der Waals surface area contributed by atoms with E-state index in [9.17, 15) is 4.79 Å². The van der Waals surface area contributed by atoms with E-state index in [1.165, 1.54) is 11.3 Å². The van der Waals surface area contributed by atoms with Gasteiger partial charge in [0.15, 0.2) is 5.13 Å². The molecular formula is C15H18N4OS. The minimum absolute atomic E-state index is 0.0180. The van der Waals surface area contributed by atoms with Crippen molar-refractivity contribution in [1.82, 2.24) is 15.3 Å². The van der Waals surface area contributed by atoms with E-state index >= 15 is 0 Å². The van der Waals surface area contributed by atoms with Crippen LogP contribution in [0.1, 0.15) is 26.2 Å². The van der Waals surface area contributed by atoms with Crippen LogP contribution in [0.4, 0.5) is 5.13 Å². The lowest BCUT2D eigenvalue weighted by atomic mass is 9.93. The van der Waals surface area contributed by atoms with Crippen LogP contribution >= 0.6 is 11.3 Å². The van der Waals surface area contributed by atoms with Crippen molar-refractivity contribution in [1.29, 1.82) is 0 Å². The number of carbonyl (C=O) groups excluding carboxylic acids is 1. The molecule has 0 aromatic carbocycles. The maximum absolute atomic E-state index is 12.5. The third kappa shape index (κ3) is 2.82. The lowest BCUT2D eigenvalue weighted by molar-refractivity contribution is -0.122. The van der Waals surface area contributed by atoms with E-state index in [-0.39, 0.29) is 5.91 Å². The highest BCUT2D eigenvalue weighted by atomic mass is 32.1. The Balaban J connectivity index is 1.74. The molecule has 2 aromatic heterocycles. The summed E-state index contributed by atoms with van der Waals surface area (Å²) in [7, 11) is 0. The molecule has 6 heteroatoms. The maximum Gasteiger partial charge on any atom is 0.246 e. The molecule has 1 amide bonds. The summed E-state index contributed by atoms with van der Waals surface area (Å²) in [5, 5.41) is 8.82. The SMILES string of the molecule is CCC1(C(=O)Nc2nc(-c3ccccn3)cs2)CCCN1. The second kappa shape index (κ2) is 5.91. The normalized spacial score (nSPS) is 21.4. The summed E-state index contributed by atoms with van der Waals surface area (Å²) in [5.41, 5.74) is 1.18. The highest BCUT2D eigenvalue weighted by Gasteiger charge is 2.39. The fourth-order valence-electron chi connectivity index (χ4n) is 2.64. The molecule has 2 N–H and O–H groups in total. The Morgan fingerprint density at radius 2 is 2.38 bits per heavy atom. The number of hydrogen-bond acceptors (Lipinski definition) is 5. The van der Waals surface area contributed by atoms with E-state index in [4.69, 9.17) is 0 Å². The Morgan fingerprint density at radius 1 is 1.48 bits per heavy atom. The molecule has 110 valence electrons. The maximum atomic E-state index is 12.5. The van der Waals surface area contributed by atoms with Gasteiger partial charge in [0.25, 0.3) is 0 Å². The van der Waals surface area contributed by atoms with Gasteiger partial charge in [0, 0.05) is 11.6 Å². The van der Waals surface area contributed by atoms with Crippen LogP contribution in [0, 0.1) is 0 Å². The Kier molecular flexibility index (Phi) is 3.98. The minimum Gasteiger partial charge on any atom is -0.303 e. The Bertz CT molecular complexity index is 620. The number of thiazole rings is 1. The standard InChI is InChI=1S/C15H18N4OS/c1-2-15(7-5-9-17-15)13(20)19-14-18-12(10-21-14)11-6-3-4-8-16-11/h3-4,6,8,10,17H,2,5,7,9H2,1H3,(H,18,19,20). The van der Waals surface area contributed by atoms with Gasteiger partial charge in [0.1, 0.15) is 5.69 Å². The van der Waals surface area contributed by atoms with Gasteiger partial charge in [-0.15, -0.1) is 11.3 Å². The molecule has 3 rings (SSSR count). The Hall–Kier alpha value is -1.79. The van der Waals surface area contributed by atoms with Crippen LogP contribution in [0.5, 0.6) is 0 Å². The average molecular weight is 302 g/mol. The summed E-state index contributed by atoms with van der Waals surface area (Å²) < 4.78 is 0. The van der Waals surface area contributed by atoms with Gasteiger partial charge in [-0.2, -0.15) is 0 Å². The van der Waals surface area contributed by atoms with Crippen molar-refractivity contribution >= 4 is 22.4 Å². The van der Waals surface area contributed by atoms with Gasteiger partial charge < -0.3 is 10.6 Å². The molecule has 0 bridgehead atoms. The molecule has 0 radical (unpaired) electrons. The predicted molar refractivity (Wildman–Crippen MR) is 84.2 cm³/mol. The molecule has 0 aliphatic carbocycles. The molecule has 1 atom stereocenters. The third-order valence-electron chi connectivity index (χ3n) is 3.93. The lowest BCUT2D eigenvalue weighted by Gasteiger charge is -2.25. The molecule has 5 nitrogen and oxygen atoms in total. The van der Waals surface area contributed by atoms with Crippen molar-refractivity contribution in [2.45, 2.75) is 31.7 Å². The van der Waals surface area contributed by atoms with Gasteiger partial charge >= 0.3 is 0 Å². The summed E-state index contributed by atoms with van der Waals surface area (Å²) in [6.07, 6.45) is 4.45. The van der Waals surface area contributed by atoms with Gasteiger partial charge in [-0.3, -0.25) is 9.78 Å². The van der Waals surface area contributed by atoms with E-state index in [1.807, 2.05) is 30.5 Å². The molecule has 2 aromatic rings. The fraction of sp³-hybridized carbons (Fsp3) is 0.400. The summed E-state index contributed by atoms with van der Waals surface area (Å²) >= 11 is 1.43. The first-order chi connectivity index (χ1) is 10.2. The first-order valence-corrected chi connectivity index (χ1v) is 8.05. The summed E-state index contributed by atoms with van der Waals surface area (Å²) in [5.74, 6) is 0.0180. The minimum atomic E-state index is -0.434. The number of nitrogens with zero attached hydrogens (tertiary/aromatic N) is 2. The van der Waals surface area contributed by atoms with E-state index in [1.54, 1.807) is 6.20 Å². The van der Waals surface area contributed by atoms with E-state index in [2.05, 4.69) is 20.6 Å². The largest absolute Gasteiger partial charge is 0.303 e. The van der Waals surface area contributed by atoms with Gasteiger partial charge in [-0.25, -0.2) is 4.98 Å². The summed E-state index contributed by atoms with van der Waals surface area (Å²) in [6, 6.07) is 5.70. The van der Waals surface area contributed by atoms with Crippen LogP contribution in [0.3, 0.4) is 0 Å². The van der Waals surface area contributed by atoms with Crippen LogP contribution in [0.15, 0.2) is 29.8 Å². The van der Waals surface area contributed by atoms with Crippen LogP contribution in [0.2, 0.25) is 0 Å². The lowest BCUT2D eigenvalue weighted by Crippen LogP contribution is -2.50. The number of amides is 1. The van der Waals surface area contributed by atoms with Crippen molar-refractivity contribution < 1.29 is 4.79 Å². The van der Waals surface area contributed by atoms with E-state index < -0.39 is 5.54 Å². The van der Waals surface area contributed by atoms with Gasteiger partial charge in [0.05, 0.1) is 11.2 Å². The van der Waals surface area contributed by atoms with Crippen molar-refractivity contribution in [3.05, 3.63) is 29.8 Å². The van der Waals surface area contributed by atoms with Crippen molar-refractivity contribution in [2.75, 3.05) is 11.9 Å². The smallest absolute Gasteiger partial charge is 0.246 e. The van der Waals surface area contributed by atoms with Crippen LogP contribution < -0.4 is 10.6 Å². The van der Waals surface area contributed by atoms with E-state index in [0.717, 1.165) is 37.2 Å². The fourth-order valence-corrected chi connectivity index (χ4v) is 3.34. The zero-order valence-corrected chi connectivity index (χ0v) is 12.7. The highest BCUT2D eigenvalue weighted by molar-refractivity contribution is 7.14. The molecule has 1 saturated heterocycles. The number of nitrogens with one attached hydrogen (secondary N) is 2. The van der Waals surface area contributed by atoms with Crippen molar-refractivity contribution in [3.63, 3.8) is 0 Å². The number of pyridine rings is 1. The first-order valence-electron chi connectivity index (χ1n) is 7.17. The summed E-state index contributed by atoms with van der Waals surface area (Å²) in [4.78, 5) is 21.2. The molecule has 1 unspecified atom stereocenters. The number of anilines is 1. The second-order valence-electron chi connectivity index (χ2n) is 5.17. The zero-order chi connectivity index (χ0) is 14.7. The molecule has 1 fully saturated rings.